The Balaban J connectivity index is 1.74. The third-order valence-electron chi connectivity index (χ3n) is 5.10. The zero-order valence-electron chi connectivity index (χ0n) is 18.2. The van der Waals surface area contributed by atoms with E-state index in [-0.39, 0.29) is 11.7 Å². The molecule has 4 aromatic heterocycles. The first-order valence-electron chi connectivity index (χ1n) is 10.3. The van der Waals surface area contributed by atoms with Crippen LogP contribution < -0.4 is 0 Å². The van der Waals surface area contributed by atoms with Crippen molar-refractivity contribution in [1.82, 2.24) is 29.6 Å². The van der Waals surface area contributed by atoms with Crippen LogP contribution in [0.3, 0.4) is 0 Å². The molecule has 0 saturated carbocycles. The Hall–Kier alpha value is -3.76. The van der Waals surface area contributed by atoms with Gasteiger partial charge in [-0.05, 0) is 30.7 Å². The molecule has 4 aromatic rings. The molecule has 0 saturated heterocycles. The lowest BCUT2D eigenvalue weighted by Gasteiger charge is -2.13. The standard InChI is InChI=1S/C22H21F3N6O2/c1-4-5-8-31-17(20(32)30(2)3)11-14-10-16(27-12-18(14)31)15-9-13(6-7-26-15)19-28-21(33-29-19)22(23,24)25/h6-7,9-12H,4-5,8H2,1-3H3. The van der Waals surface area contributed by atoms with Gasteiger partial charge >= 0.3 is 12.1 Å². The number of aromatic nitrogens is 5. The molecule has 33 heavy (non-hydrogen) atoms. The van der Waals surface area contributed by atoms with Gasteiger partial charge in [0.15, 0.2) is 0 Å². The van der Waals surface area contributed by atoms with E-state index < -0.39 is 12.1 Å². The first-order chi connectivity index (χ1) is 15.7. The predicted molar refractivity (Wildman–Crippen MR) is 114 cm³/mol. The van der Waals surface area contributed by atoms with Gasteiger partial charge in [0.25, 0.3) is 5.91 Å². The Bertz CT molecular complexity index is 1310. The van der Waals surface area contributed by atoms with E-state index in [0.717, 1.165) is 23.7 Å². The molecule has 0 atom stereocenters. The molecule has 11 heteroatoms. The SMILES string of the molecule is CCCCn1c(C(=O)N(C)C)cc2cc(-c3cc(-c4noc(C(F)(F)F)n4)ccn3)ncc21. The number of alkyl halides is 3. The molecular formula is C22H21F3N6O2. The topological polar surface area (TPSA) is 89.9 Å². The molecule has 0 fully saturated rings. The summed E-state index contributed by atoms with van der Waals surface area (Å²) in [5.74, 6) is -1.72. The molecule has 172 valence electrons. The highest BCUT2D eigenvalue weighted by molar-refractivity contribution is 5.99. The van der Waals surface area contributed by atoms with Gasteiger partial charge < -0.3 is 14.0 Å². The lowest BCUT2D eigenvalue weighted by Crippen LogP contribution is -2.24. The van der Waals surface area contributed by atoms with E-state index in [2.05, 4.69) is 31.6 Å². The number of hydrogen-bond donors (Lipinski definition) is 0. The summed E-state index contributed by atoms with van der Waals surface area (Å²) in [6.07, 6.45) is 0.280. The van der Waals surface area contributed by atoms with Gasteiger partial charge in [0.1, 0.15) is 5.69 Å². The van der Waals surface area contributed by atoms with Crippen LogP contribution in [0.25, 0.3) is 33.7 Å². The van der Waals surface area contributed by atoms with Gasteiger partial charge in [-0.1, -0.05) is 18.5 Å². The molecule has 0 aromatic carbocycles. The Kier molecular flexibility index (Phi) is 5.88. The molecule has 0 bridgehead atoms. The highest BCUT2D eigenvalue weighted by Gasteiger charge is 2.38. The summed E-state index contributed by atoms with van der Waals surface area (Å²) in [6.45, 7) is 2.76. The molecule has 8 nitrogen and oxygen atoms in total. The Labute approximate surface area is 187 Å². The van der Waals surface area contributed by atoms with Crippen molar-refractivity contribution >= 4 is 16.8 Å². The van der Waals surface area contributed by atoms with E-state index in [9.17, 15) is 18.0 Å². The van der Waals surface area contributed by atoms with Gasteiger partial charge in [0.2, 0.25) is 5.82 Å². The molecule has 4 rings (SSSR count). The summed E-state index contributed by atoms with van der Waals surface area (Å²) in [5, 5.41) is 4.23. The zero-order valence-corrected chi connectivity index (χ0v) is 18.2. The number of aryl methyl sites for hydroxylation is 1. The van der Waals surface area contributed by atoms with Crippen molar-refractivity contribution in [3.63, 3.8) is 0 Å². The van der Waals surface area contributed by atoms with Crippen molar-refractivity contribution in [3.05, 3.63) is 48.2 Å². The van der Waals surface area contributed by atoms with Gasteiger partial charge in [-0.25, -0.2) is 0 Å². The van der Waals surface area contributed by atoms with Crippen LogP contribution in [0.2, 0.25) is 0 Å². The summed E-state index contributed by atoms with van der Waals surface area (Å²) in [4.78, 5) is 26.4. The Morgan fingerprint density at radius 3 is 2.58 bits per heavy atom. The molecule has 0 aliphatic carbocycles. The maximum atomic E-state index is 12.8. The van der Waals surface area contributed by atoms with Crippen LogP contribution in [-0.2, 0) is 12.7 Å². The number of amides is 1. The fourth-order valence-corrected chi connectivity index (χ4v) is 3.43. The third kappa shape index (κ3) is 4.43. The fourth-order valence-electron chi connectivity index (χ4n) is 3.43. The molecule has 0 aliphatic rings. The maximum Gasteiger partial charge on any atom is 0.471 e. The number of unbranched alkanes of at least 4 members (excludes halogenated alkanes) is 1. The van der Waals surface area contributed by atoms with E-state index in [1.54, 1.807) is 32.4 Å². The van der Waals surface area contributed by atoms with Crippen LogP contribution in [0.1, 0.15) is 36.1 Å². The number of halogens is 3. The van der Waals surface area contributed by atoms with Crippen molar-refractivity contribution < 1.29 is 22.5 Å². The van der Waals surface area contributed by atoms with Crippen molar-refractivity contribution in [2.45, 2.75) is 32.5 Å². The molecule has 4 heterocycles. The van der Waals surface area contributed by atoms with Crippen molar-refractivity contribution in [3.8, 4) is 22.8 Å². The molecule has 0 spiro atoms. The maximum absolute atomic E-state index is 12.8. The summed E-state index contributed by atoms with van der Waals surface area (Å²) >= 11 is 0. The molecule has 0 radical (unpaired) electrons. The van der Waals surface area contributed by atoms with Crippen molar-refractivity contribution in [1.29, 1.82) is 0 Å². The third-order valence-corrected chi connectivity index (χ3v) is 5.10. The smallest absolute Gasteiger partial charge is 0.343 e. The Morgan fingerprint density at radius 2 is 1.91 bits per heavy atom. The quantitative estimate of drug-likeness (QED) is 0.417. The first kappa shape index (κ1) is 22.4. The number of fused-ring (bicyclic) bond motifs is 1. The van der Waals surface area contributed by atoms with Gasteiger partial charge in [-0.3, -0.25) is 14.8 Å². The van der Waals surface area contributed by atoms with E-state index in [1.165, 1.54) is 17.2 Å². The largest absolute Gasteiger partial charge is 0.471 e. The van der Waals surface area contributed by atoms with Crippen molar-refractivity contribution in [2.24, 2.45) is 0 Å². The van der Waals surface area contributed by atoms with E-state index in [0.29, 0.717) is 29.2 Å². The normalized spacial score (nSPS) is 11.8. The average Bonchev–Trinajstić information content (AvgIpc) is 3.42. The van der Waals surface area contributed by atoms with Crippen LogP contribution >= 0.6 is 0 Å². The summed E-state index contributed by atoms with van der Waals surface area (Å²) in [5.41, 5.74) is 2.62. The van der Waals surface area contributed by atoms with Crippen LogP contribution in [-0.4, -0.2) is 49.6 Å². The van der Waals surface area contributed by atoms with Gasteiger partial charge in [0, 0.05) is 37.8 Å². The molecule has 1 amide bonds. The lowest BCUT2D eigenvalue weighted by atomic mass is 10.1. The zero-order chi connectivity index (χ0) is 23.8. The fraction of sp³-hybridized carbons (Fsp3) is 0.318. The highest BCUT2D eigenvalue weighted by Crippen LogP contribution is 2.31. The number of carbonyl (C=O) groups excluding carboxylic acids is 1. The highest BCUT2D eigenvalue weighted by atomic mass is 19.4. The predicted octanol–water partition coefficient (Wildman–Crippen LogP) is 4.67. The van der Waals surface area contributed by atoms with E-state index in [4.69, 9.17) is 0 Å². The van der Waals surface area contributed by atoms with Gasteiger partial charge in [-0.2, -0.15) is 18.2 Å². The molecule has 0 unspecified atom stereocenters. The lowest BCUT2D eigenvalue weighted by molar-refractivity contribution is -0.159. The van der Waals surface area contributed by atoms with Crippen LogP contribution in [0, 0.1) is 0 Å². The van der Waals surface area contributed by atoms with Gasteiger partial charge in [-0.15, -0.1) is 0 Å². The number of pyridine rings is 2. The summed E-state index contributed by atoms with van der Waals surface area (Å²) in [6, 6.07) is 6.64. The molecular weight excluding hydrogens is 437 g/mol. The second kappa shape index (κ2) is 8.64. The van der Waals surface area contributed by atoms with Gasteiger partial charge in [0.05, 0.1) is 23.1 Å². The number of rotatable bonds is 6. The first-order valence-corrected chi connectivity index (χ1v) is 10.3. The number of carbonyl (C=O) groups is 1. The number of hydrogen-bond acceptors (Lipinski definition) is 6. The summed E-state index contributed by atoms with van der Waals surface area (Å²) < 4.78 is 44.6. The van der Waals surface area contributed by atoms with Crippen LogP contribution in [0.4, 0.5) is 13.2 Å². The Morgan fingerprint density at radius 1 is 1.15 bits per heavy atom. The molecule has 0 aliphatic heterocycles. The average molecular weight is 458 g/mol. The van der Waals surface area contributed by atoms with Crippen molar-refractivity contribution in [2.75, 3.05) is 14.1 Å². The summed E-state index contributed by atoms with van der Waals surface area (Å²) in [7, 11) is 3.40. The number of nitrogens with zero attached hydrogens (tertiary/aromatic N) is 6. The minimum absolute atomic E-state index is 0.110. The second-order valence-corrected chi connectivity index (χ2v) is 7.71. The van der Waals surface area contributed by atoms with Crippen LogP contribution in [0.5, 0.6) is 0 Å². The minimum Gasteiger partial charge on any atom is -0.343 e. The minimum atomic E-state index is -4.72. The second-order valence-electron chi connectivity index (χ2n) is 7.71. The monoisotopic (exact) mass is 458 g/mol. The van der Waals surface area contributed by atoms with Crippen LogP contribution in [0.15, 0.2) is 41.2 Å². The van der Waals surface area contributed by atoms with E-state index >= 15 is 0 Å². The van der Waals surface area contributed by atoms with E-state index in [1.807, 2.05) is 10.6 Å². The molecule has 0 N–H and O–H groups in total.